The van der Waals surface area contributed by atoms with E-state index in [1.165, 1.54) is 11.6 Å². The maximum absolute atomic E-state index is 13.2. The first-order chi connectivity index (χ1) is 8.50. The van der Waals surface area contributed by atoms with E-state index in [4.69, 9.17) is 0 Å². The molecule has 0 aliphatic rings. The van der Waals surface area contributed by atoms with Gasteiger partial charge in [-0.25, -0.2) is 8.78 Å². The molecule has 3 heteroatoms. The minimum Gasteiger partial charge on any atom is -0.204 e. The first kappa shape index (κ1) is 13.2. The van der Waals surface area contributed by atoms with Crippen LogP contribution in [0.15, 0.2) is 36.4 Å². The van der Waals surface area contributed by atoms with E-state index in [2.05, 4.69) is 15.9 Å². The first-order valence-corrected chi connectivity index (χ1v) is 6.57. The lowest BCUT2D eigenvalue weighted by Gasteiger charge is -2.15. The van der Waals surface area contributed by atoms with Crippen molar-refractivity contribution in [3.63, 3.8) is 0 Å². The molecule has 0 saturated heterocycles. The molecule has 1 atom stereocenters. The van der Waals surface area contributed by atoms with Crippen LogP contribution in [0.25, 0.3) is 0 Å². The highest BCUT2D eigenvalue weighted by Gasteiger charge is 2.15. The second kappa shape index (κ2) is 5.19. The Morgan fingerprint density at radius 2 is 1.72 bits per heavy atom. The summed E-state index contributed by atoms with van der Waals surface area (Å²) in [6.45, 7) is 4.06. The molecular weight excluding hydrogens is 298 g/mol. The highest BCUT2D eigenvalue weighted by atomic mass is 79.9. The maximum Gasteiger partial charge on any atom is 0.159 e. The summed E-state index contributed by atoms with van der Waals surface area (Å²) < 4.78 is 26.2. The Morgan fingerprint density at radius 3 is 2.39 bits per heavy atom. The molecule has 0 aliphatic heterocycles. The summed E-state index contributed by atoms with van der Waals surface area (Å²) in [5, 5.41) is 0. The lowest BCUT2D eigenvalue weighted by Crippen LogP contribution is -1.99. The van der Waals surface area contributed by atoms with Gasteiger partial charge in [0.1, 0.15) is 0 Å². The molecule has 0 heterocycles. The van der Waals surface area contributed by atoms with Gasteiger partial charge in [0.15, 0.2) is 11.6 Å². The summed E-state index contributed by atoms with van der Waals surface area (Å²) in [5.41, 5.74) is 4.12. The molecule has 1 unspecified atom stereocenters. The Bertz CT molecular complexity index is 579. The van der Waals surface area contributed by atoms with Gasteiger partial charge in [0.2, 0.25) is 0 Å². The Balaban J connectivity index is 2.44. The normalized spacial score (nSPS) is 12.5. The third kappa shape index (κ3) is 2.46. The standard InChI is InChI=1S/C15H13BrF2/c1-9-4-3-5-12(10(9)2)15(16)11-6-7-13(17)14(18)8-11/h3-8,15H,1-2H3. The molecule has 0 fully saturated rings. The molecule has 0 bridgehead atoms. The van der Waals surface area contributed by atoms with Crippen molar-refractivity contribution in [1.82, 2.24) is 0 Å². The van der Waals surface area contributed by atoms with Gasteiger partial charge in [-0.1, -0.05) is 40.2 Å². The predicted molar refractivity (Wildman–Crippen MR) is 73.0 cm³/mol. The number of hydrogen-bond donors (Lipinski definition) is 0. The van der Waals surface area contributed by atoms with Crippen LogP contribution < -0.4 is 0 Å². The second-order valence-corrected chi connectivity index (χ2v) is 5.24. The smallest absolute Gasteiger partial charge is 0.159 e. The van der Waals surface area contributed by atoms with E-state index in [1.807, 2.05) is 32.0 Å². The minimum atomic E-state index is -0.820. The van der Waals surface area contributed by atoms with Crippen LogP contribution in [0, 0.1) is 25.5 Å². The molecule has 2 rings (SSSR count). The van der Waals surface area contributed by atoms with Crippen molar-refractivity contribution in [2.24, 2.45) is 0 Å². The van der Waals surface area contributed by atoms with Crippen LogP contribution in [-0.4, -0.2) is 0 Å². The van der Waals surface area contributed by atoms with Crippen molar-refractivity contribution >= 4 is 15.9 Å². The van der Waals surface area contributed by atoms with E-state index in [0.29, 0.717) is 5.56 Å². The largest absolute Gasteiger partial charge is 0.204 e. The fourth-order valence-corrected chi connectivity index (χ4v) is 2.68. The molecule has 0 aliphatic carbocycles. The van der Waals surface area contributed by atoms with Gasteiger partial charge in [0.25, 0.3) is 0 Å². The van der Waals surface area contributed by atoms with Crippen molar-refractivity contribution < 1.29 is 8.78 Å². The number of aryl methyl sites for hydroxylation is 1. The molecule has 0 radical (unpaired) electrons. The summed E-state index contributed by atoms with van der Waals surface area (Å²) in [6.07, 6.45) is 0. The van der Waals surface area contributed by atoms with Crippen LogP contribution in [0.1, 0.15) is 27.1 Å². The molecular formula is C15H13BrF2. The fourth-order valence-electron chi connectivity index (χ4n) is 1.90. The van der Waals surface area contributed by atoms with Gasteiger partial charge in [-0.05, 0) is 48.2 Å². The Labute approximate surface area is 114 Å². The van der Waals surface area contributed by atoms with Gasteiger partial charge in [0.05, 0.1) is 4.83 Å². The molecule has 0 N–H and O–H groups in total. The van der Waals surface area contributed by atoms with Crippen molar-refractivity contribution in [3.05, 3.63) is 70.3 Å². The number of halogens is 3. The molecule has 0 aromatic heterocycles. The Kier molecular flexibility index (Phi) is 3.81. The average Bonchev–Trinajstić information content (AvgIpc) is 2.35. The topological polar surface area (TPSA) is 0 Å². The van der Waals surface area contributed by atoms with Gasteiger partial charge in [-0.15, -0.1) is 0 Å². The molecule has 0 spiro atoms. The maximum atomic E-state index is 13.2. The molecule has 94 valence electrons. The summed E-state index contributed by atoms with van der Waals surface area (Å²) in [5.74, 6) is -1.64. The minimum absolute atomic E-state index is 0.132. The van der Waals surface area contributed by atoms with Gasteiger partial charge in [0, 0.05) is 0 Å². The highest BCUT2D eigenvalue weighted by Crippen LogP contribution is 2.34. The third-order valence-corrected chi connectivity index (χ3v) is 4.18. The van der Waals surface area contributed by atoms with E-state index in [1.54, 1.807) is 6.07 Å². The highest BCUT2D eigenvalue weighted by molar-refractivity contribution is 9.09. The van der Waals surface area contributed by atoms with E-state index >= 15 is 0 Å². The van der Waals surface area contributed by atoms with Gasteiger partial charge >= 0.3 is 0 Å². The lowest BCUT2D eigenvalue weighted by atomic mass is 9.97. The molecule has 0 nitrogen and oxygen atoms in total. The lowest BCUT2D eigenvalue weighted by molar-refractivity contribution is 0.507. The summed E-state index contributed by atoms with van der Waals surface area (Å²) in [7, 11) is 0. The van der Waals surface area contributed by atoms with E-state index in [9.17, 15) is 8.78 Å². The van der Waals surface area contributed by atoms with Crippen LogP contribution in [0.2, 0.25) is 0 Å². The zero-order valence-corrected chi connectivity index (χ0v) is 11.8. The molecule has 2 aromatic carbocycles. The quantitative estimate of drug-likeness (QED) is 0.680. The molecule has 18 heavy (non-hydrogen) atoms. The van der Waals surface area contributed by atoms with Gasteiger partial charge in [-0.2, -0.15) is 0 Å². The third-order valence-electron chi connectivity index (χ3n) is 3.16. The van der Waals surface area contributed by atoms with Gasteiger partial charge < -0.3 is 0 Å². The van der Waals surface area contributed by atoms with Crippen LogP contribution in [0.4, 0.5) is 8.78 Å². The van der Waals surface area contributed by atoms with Gasteiger partial charge in [-0.3, -0.25) is 0 Å². The predicted octanol–water partition coefficient (Wildman–Crippen LogP) is 5.07. The summed E-state index contributed by atoms with van der Waals surface area (Å²) in [4.78, 5) is -0.132. The zero-order valence-electron chi connectivity index (χ0n) is 10.2. The van der Waals surface area contributed by atoms with Crippen LogP contribution in [-0.2, 0) is 0 Å². The average molecular weight is 311 g/mol. The SMILES string of the molecule is Cc1cccc(C(Br)c2ccc(F)c(F)c2)c1C. The van der Waals surface area contributed by atoms with Crippen molar-refractivity contribution in [2.75, 3.05) is 0 Å². The van der Waals surface area contributed by atoms with E-state index < -0.39 is 11.6 Å². The summed E-state index contributed by atoms with van der Waals surface area (Å²) >= 11 is 3.55. The fraction of sp³-hybridized carbons (Fsp3) is 0.200. The molecule has 0 amide bonds. The van der Waals surface area contributed by atoms with Crippen LogP contribution in [0.5, 0.6) is 0 Å². The number of benzene rings is 2. The number of alkyl halides is 1. The van der Waals surface area contributed by atoms with Crippen LogP contribution >= 0.6 is 15.9 Å². The number of rotatable bonds is 2. The number of hydrogen-bond acceptors (Lipinski definition) is 0. The van der Waals surface area contributed by atoms with Crippen LogP contribution in [0.3, 0.4) is 0 Å². The Hall–Kier alpha value is -1.22. The Morgan fingerprint density at radius 1 is 1.00 bits per heavy atom. The first-order valence-electron chi connectivity index (χ1n) is 5.66. The van der Waals surface area contributed by atoms with E-state index in [0.717, 1.165) is 17.2 Å². The molecule has 2 aromatic rings. The van der Waals surface area contributed by atoms with Crippen molar-refractivity contribution in [3.8, 4) is 0 Å². The van der Waals surface area contributed by atoms with Crippen molar-refractivity contribution in [2.45, 2.75) is 18.7 Å². The van der Waals surface area contributed by atoms with Crippen molar-refractivity contribution in [1.29, 1.82) is 0 Å². The second-order valence-electron chi connectivity index (χ2n) is 4.33. The molecule has 0 saturated carbocycles. The van der Waals surface area contributed by atoms with E-state index in [-0.39, 0.29) is 4.83 Å². The zero-order chi connectivity index (χ0) is 13.3. The summed E-state index contributed by atoms with van der Waals surface area (Å²) in [6, 6.07) is 9.97. The monoisotopic (exact) mass is 310 g/mol.